The van der Waals surface area contributed by atoms with Gasteiger partial charge < -0.3 is 5.73 Å². The molecule has 0 unspecified atom stereocenters. The topological polar surface area (TPSA) is 97.8 Å². The molecule has 214 valence electrons. The Balaban J connectivity index is 1.31. The highest BCUT2D eigenvalue weighted by Gasteiger charge is 2.34. The number of imide groups is 1. The summed E-state index contributed by atoms with van der Waals surface area (Å²) in [5, 5.41) is 11.1. The molecule has 0 spiro atoms. The molecular weight excluding hydrogens is 560 g/mol. The van der Waals surface area contributed by atoms with Crippen LogP contribution >= 0.6 is 0 Å². The van der Waals surface area contributed by atoms with Crippen molar-refractivity contribution in [3.63, 3.8) is 0 Å². The molecule has 45 heavy (non-hydrogen) atoms. The quantitative estimate of drug-likeness (QED) is 0.104. The predicted octanol–water partition coefficient (Wildman–Crippen LogP) is 6.98. The van der Waals surface area contributed by atoms with Gasteiger partial charge in [0.2, 0.25) is 0 Å². The lowest BCUT2D eigenvalue weighted by atomic mass is 9.84. The van der Waals surface area contributed by atoms with Crippen molar-refractivity contribution in [1.82, 2.24) is 14.3 Å². The highest BCUT2D eigenvalue weighted by atomic mass is 16.2. The van der Waals surface area contributed by atoms with E-state index in [2.05, 4.69) is 24.3 Å². The van der Waals surface area contributed by atoms with E-state index in [9.17, 15) is 14.4 Å². The molecule has 0 radical (unpaired) electrons. The van der Waals surface area contributed by atoms with E-state index in [1.165, 1.54) is 4.90 Å². The maximum Gasteiger partial charge on any atom is 0.264 e. The van der Waals surface area contributed by atoms with Crippen LogP contribution in [0.15, 0.2) is 89.7 Å². The van der Waals surface area contributed by atoms with Crippen molar-refractivity contribution in [3.05, 3.63) is 106 Å². The summed E-state index contributed by atoms with van der Waals surface area (Å²) in [5.41, 5.74) is 8.88. The van der Waals surface area contributed by atoms with Gasteiger partial charge in [0.15, 0.2) is 0 Å². The molecule has 7 aromatic carbocycles. The molecule has 7 nitrogen and oxygen atoms in total. The third-order valence-electron chi connectivity index (χ3n) is 9.89. The highest BCUT2D eigenvalue weighted by molar-refractivity contribution is 6.41. The van der Waals surface area contributed by atoms with Crippen LogP contribution in [0.25, 0.3) is 81.3 Å². The van der Waals surface area contributed by atoms with Gasteiger partial charge in [0.1, 0.15) is 5.65 Å². The second-order valence-electron chi connectivity index (χ2n) is 12.2. The molecule has 1 aliphatic rings. The van der Waals surface area contributed by atoms with Crippen LogP contribution in [0, 0.1) is 0 Å². The van der Waals surface area contributed by atoms with Crippen LogP contribution in [0.1, 0.15) is 33.6 Å². The summed E-state index contributed by atoms with van der Waals surface area (Å²) >= 11 is 0. The molecule has 10 rings (SSSR count). The zero-order valence-electron chi connectivity index (χ0n) is 24.1. The van der Waals surface area contributed by atoms with Gasteiger partial charge in [-0.1, -0.05) is 48.5 Å². The average Bonchev–Trinajstić information content (AvgIpc) is 3.44. The van der Waals surface area contributed by atoms with E-state index in [4.69, 9.17) is 10.7 Å². The van der Waals surface area contributed by atoms with E-state index in [1.54, 1.807) is 4.40 Å². The standard InChI is InChI=1S/C38H24N4O3/c39-15-3-4-16-41-36(43)26-12-8-23-21-7-11-25-33-28(14-10-22(31(21)33)24-9-13-27(37(41)44)34(26)32(23)24)38(45)42-30-18-20-6-2-1-5-19(20)17-29(30)40-35(25)42/h1-2,5-14,17-18H,3-4,15-16,39H2. The lowest BCUT2D eigenvalue weighted by Gasteiger charge is -2.28. The number of hydrogen-bond acceptors (Lipinski definition) is 5. The first kappa shape index (κ1) is 24.7. The number of imidazole rings is 1. The summed E-state index contributed by atoms with van der Waals surface area (Å²) in [7, 11) is 0. The summed E-state index contributed by atoms with van der Waals surface area (Å²) < 4.78 is 1.75. The number of hydrogen-bond donors (Lipinski definition) is 1. The van der Waals surface area contributed by atoms with Crippen molar-refractivity contribution in [2.24, 2.45) is 5.73 Å². The molecule has 9 aromatic rings. The first-order valence-corrected chi connectivity index (χ1v) is 15.3. The predicted molar refractivity (Wildman–Crippen MR) is 180 cm³/mol. The van der Waals surface area contributed by atoms with E-state index < -0.39 is 0 Å². The molecule has 0 bridgehead atoms. The minimum atomic E-state index is -0.263. The Hall–Kier alpha value is -5.66. The molecular formula is C38H24N4O3. The number of unbranched alkanes of at least 4 members (excludes halogenated alkanes) is 1. The third-order valence-corrected chi connectivity index (χ3v) is 9.89. The molecule has 2 N–H and O–H groups in total. The number of amides is 2. The SMILES string of the molecule is NCCCCN1C(=O)c2ccc3c4ccc5c(=O)n6c7cc8ccccc8cc7nc6c6ccc(c7ccc(c2c37)C1=O)c4c56. The Morgan fingerprint density at radius 1 is 0.600 bits per heavy atom. The molecule has 0 saturated carbocycles. The number of aromatic nitrogens is 2. The van der Waals surface area contributed by atoms with Gasteiger partial charge in [-0.2, -0.15) is 0 Å². The van der Waals surface area contributed by atoms with Crippen molar-refractivity contribution in [1.29, 1.82) is 0 Å². The monoisotopic (exact) mass is 584 g/mol. The molecule has 0 fully saturated rings. The number of carbonyl (C=O) groups excluding carboxylic acids is 2. The fraction of sp³-hybridized carbons (Fsp3) is 0.105. The second-order valence-corrected chi connectivity index (χ2v) is 12.2. The Labute approximate surface area is 254 Å². The lowest BCUT2D eigenvalue weighted by molar-refractivity contribution is 0.0608. The smallest absolute Gasteiger partial charge is 0.264 e. The molecule has 0 atom stereocenters. The van der Waals surface area contributed by atoms with Gasteiger partial charge >= 0.3 is 0 Å². The Kier molecular flexibility index (Phi) is 4.67. The van der Waals surface area contributed by atoms with Crippen molar-refractivity contribution < 1.29 is 9.59 Å². The van der Waals surface area contributed by atoms with Gasteiger partial charge in [0, 0.05) is 39.2 Å². The van der Waals surface area contributed by atoms with Crippen LogP contribution in [0.4, 0.5) is 0 Å². The van der Waals surface area contributed by atoms with Crippen molar-refractivity contribution in [2.75, 3.05) is 13.1 Å². The molecule has 1 aliphatic heterocycles. The number of benzene rings is 7. The van der Waals surface area contributed by atoms with Crippen LogP contribution < -0.4 is 11.3 Å². The Morgan fingerprint density at radius 2 is 1.16 bits per heavy atom. The van der Waals surface area contributed by atoms with Crippen molar-refractivity contribution in [3.8, 4) is 0 Å². The van der Waals surface area contributed by atoms with Crippen LogP contribution in [0.2, 0.25) is 0 Å². The molecule has 7 heteroatoms. The van der Waals surface area contributed by atoms with E-state index >= 15 is 0 Å². The molecule has 0 aliphatic carbocycles. The zero-order chi connectivity index (χ0) is 30.1. The normalized spacial score (nSPS) is 13.9. The van der Waals surface area contributed by atoms with Crippen LogP contribution in [-0.4, -0.2) is 39.2 Å². The molecule has 0 saturated heterocycles. The van der Waals surface area contributed by atoms with E-state index in [0.29, 0.717) is 47.1 Å². The summed E-state index contributed by atoms with van der Waals surface area (Å²) in [6, 6.07) is 28.0. The molecule has 3 heterocycles. The van der Waals surface area contributed by atoms with Crippen molar-refractivity contribution >= 4 is 93.1 Å². The van der Waals surface area contributed by atoms with Crippen LogP contribution in [0.5, 0.6) is 0 Å². The first-order valence-electron chi connectivity index (χ1n) is 15.3. The Morgan fingerprint density at radius 3 is 1.82 bits per heavy atom. The summed E-state index contributed by atoms with van der Waals surface area (Å²) in [6.45, 7) is 0.867. The van der Waals surface area contributed by atoms with E-state index in [1.807, 2.05) is 60.7 Å². The zero-order valence-corrected chi connectivity index (χ0v) is 24.1. The van der Waals surface area contributed by atoms with Gasteiger partial charge in [0.05, 0.1) is 11.0 Å². The fourth-order valence-electron chi connectivity index (χ4n) is 7.88. The maximum absolute atomic E-state index is 14.2. The van der Waals surface area contributed by atoms with Crippen molar-refractivity contribution in [2.45, 2.75) is 12.8 Å². The second kappa shape index (κ2) is 8.49. The fourth-order valence-corrected chi connectivity index (χ4v) is 7.88. The van der Waals surface area contributed by atoms with Crippen LogP contribution in [-0.2, 0) is 0 Å². The summed E-state index contributed by atoms with van der Waals surface area (Å²) in [6.07, 6.45) is 1.42. The highest BCUT2D eigenvalue weighted by Crippen LogP contribution is 2.46. The molecule has 2 aromatic heterocycles. The largest absolute Gasteiger partial charge is 0.330 e. The van der Waals surface area contributed by atoms with Gasteiger partial charge in [-0.3, -0.25) is 23.7 Å². The van der Waals surface area contributed by atoms with Gasteiger partial charge in [0.25, 0.3) is 17.4 Å². The summed E-state index contributed by atoms with van der Waals surface area (Å²) in [4.78, 5) is 47.9. The first-order chi connectivity index (χ1) is 22.0. The minimum Gasteiger partial charge on any atom is -0.330 e. The number of pyridine rings is 1. The maximum atomic E-state index is 14.2. The van der Waals surface area contributed by atoms with E-state index in [-0.39, 0.29) is 17.4 Å². The van der Waals surface area contributed by atoms with E-state index in [0.717, 1.165) is 71.3 Å². The third kappa shape index (κ3) is 2.98. The number of fused-ring (bicyclic) bond motifs is 7. The minimum absolute atomic E-state index is 0.0963. The number of rotatable bonds is 4. The number of carbonyl (C=O) groups is 2. The van der Waals surface area contributed by atoms with Crippen LogP contribution in [0.3, 0.4) is 0 Å². The summed E-state index contributed by atoms with van der Waals surface area (Å²) in [5.74, 6) is -0.525. The number of nitrogens with two attached hydrogens (primary N) is 1. The van der Waals surface area contributed by atoms with Gasteiger partial charge in [-0.15, -0.1) is 0 Å². The average molecular weight is 585 g/mol. The lowest BCUT2D eigenvalue weighted by Crippen LogP contribution is -2.41. The molecule has 2 amide bonds. The Bertz CT molecular complexity index is 2780. The number of nitrogens with zero attached hydrogens (tertiary/aromatic N) is 3. The van der Waals surface area contributed by atoms with Gasteiger partial charge in [-0.05, 0) is 98.9 Å². The van der Waals surface area contributed by atoms with Gasteiger partial charge in [-0.25, -0.2) is 4.98 Å².